The van der Waals surface area contributed by atoms with Crippen LogP contribution in [0.25, 0.3) is 0 Å². The van der Waals surface area contributed by atoms with E-state index in [1.165, 1.54) is 0 Å². The van der Waals surface area contributed by atoms with Gasteiger partial charge >= 0.3 is 5.97 Å². The van der Waals surface area contributed by atoms with Crippen molar-refractivity contribution >= 4 is 27.8 Å². The molecule has 124 valence electrons. The maximum Gasteiger partial charge on any atom is 0.311 e. The number of carboxylic acids is 1. The number of nitrogens with zero attached hydrogens (tertiary/aromatic N) is 1. The Hall–Kier alpha value is -1.36. The summed E-state index contributed by atoms with van der Waals surface area (Å²) in [7, 11) is 0. The molecule has 0 aromatic heterocycles. The van der Waals surface area contributed by atoms with Crippen LogP contribution >= 0.6 is 15.9 Å². The van der Waals surface area contributed by atoms with Crippen molar-refractivity contribution in [3.8, 4) is 0 Å². The van der Waals surface area contributed by atoms with Crippen LogP contribution in [0.3, 0.4) is 0 Å². The van der Waals surface area contributed by atoms with E-state index in [0.717, 1.165) is 35.7 Å². The van der Waals surface area contributed by atoms with Crippen molar-refractivity contribution in [2.75, 3.05) is 13.1 Å². The minimum absolute atomic E-state index is 0.113. The van der Waals surface area contributed by atoms with Gasteiger partial charge in [0.05, 0.1) is 10.8 Å². The predicted octanol–water partition coefficient (Wildman–Crippen LogP) is 3.58. The third-order valence-corrected chi connectivity index (χ3v) is 6.07. The summed E-state index contributed by atoms with van der Waals surface area (Å²) in [5, 5.41) is 9.41. The first-order chi connectivity index (χ1) is 10.9. The zero-order valence-electron chi connectivity index (χ0n) is 13.3. The van der Waals surface area contributed by atoms with Crippen molar-refractivity contribution in [2.24, 2.45) is 5.41 Å². The van der Waals surface area contributed by atoms with Gasteiger partial charge in [0.2, 0.25) is 5.91 Å². The lowest BCUT2D eigenvalue weighted by molar-refractivity contribution is -0.147. The highest BCUT2D eigenvalue weighted by Gasteiger charge is 2.49. The van der Waals surface area contributed by atoms with E-state index in [1.54, 1.807) is 11.8 Å². The molecule has 5 heteroatoms. The summed E-state index contributed by atoms with van der Waals surface area (Å²) < 4.78 is 1.00. The molecule has 1 heterocycles. The fourth-order valence-corrected chi connectivity index (χ4v) is 4.25. The fraction of sp³-hybridized carbons (Fsp3) is 0.556. The minimum Gasteiger partial charge on any atom is -0.481 e. The molecule has 3 rings (SSSR count). The lowest BCUT2D eigenvalue weighted by Gasteiger charge is -2.33. The third-order valence-electron chi connectivity index (χ3n) is 5.54. The first-order valence-electron chi connectivity index (χ1n) is 8.16. The molecule has 1 saturated heterocycles. The molecular formula is C18H22BrNO3. The van der Waals surface area contributed by atoms with Crippen molar-refractivity contribution in [1.82, 2.24) is 4.90 Å². The molecule has 1 amide bonds. The highest BCUT2D eigenvalue weighted by atomic mass is 79.9. The molecule has 0 bridgehead atoms. The van der Waals surface area contributed by atoms with Gasteiger partial charge in [0.1, 0.15) is 0 Å². The van der Waals surface area contributed by atoms with E-state index in [0.29, 0.717) is 19.5 Å². The molecule has 0 spiro atoms. The second-order valence-electron chi connectivity index (χ2n) is 7.14. The van der Waals surface area contributed by atoms with Crippen LogP contribution in [0, 0.1) is 5.41 Å². The van der Waals surface area contributed by atoms with Gasteiger partial charge in [-0.1, -0.05) is 40.9 Å². The number of carbonyl (C=O) groups excluding carboxylic acids is 1. The number of amides is 1. The van der Waals surface area contributed by atoms with E-state index in [2.05, 4.69) is 15.9 Å². The van der Waals surface area contributed by atoms with Crippen LogP contribution in [-0.2, 0) is 15.0 Å². The molecule has 1 N–H and O–H groups in total. The Morgan fingerprint density at radius 2 is 1.74 bits per heavy atom. The Balaban J connectivity index is 1.89. The summed E-state index contributed by atoms with van der Waals surface area (Å²) in [5.41, 5.74) is -0.216. The predicted molar refractivity (Wildman–Crippen MR) is 91.2 cm³/mol. The van der Waals surface area contributed by atoms with Gasteiger partial charge in [0, 0.05) is 17.6 Å². The SMILES string of the molecule is CC1(C(=O)O)CCN(C(=O)C2(c3ccc(Br)cc3)CCCC2)C1. The molecule has 1 aromatic rings. The smallest absolute Gasteiger partial charge is 0.311 e. The molecule has 4 nitrogen and oxygen atoms in total. The van der Waals surface area contributed by atoms with E-state index < -0.39 is 16.8 Å². The van der Waals surface area contributed by atoms with Crippen LogP contribution in [0.5, 0.6) is 0 Å². The monoisotopic (exact) mass is 379 g/mol. The van der Waals surface area contributed by atoms with Crippen molar-refractivity contribution in [1.29, 1.82) is 0 Å². The summed E-state index contributed by atoms with van der Waals surface area (Å²) in [6.07, 6.45) is 4.34. The highest BCUT2D eigenvalue weighted by Crippen LogP contribution is 2.44. The summed E-state index contributed by atoms with van der Waals surface area (Å²) in [4.78, 5) is 26.5. The number of rotatable bonds is 3. The van der Waals surface area contributed by atoms with Crippen LogP contribution in [0.2, 0.25) is 0 Å². The normalized spacial score (nSPS) is 26.4. The van der Waals surface area contributed by atoms with Gasteiger partial charge in [0.25, 0.3) is 0 Å². The van der Waals surface area contributed by atoms with Gasteiger partial charge in [-0.2, -0.15) is 0 Å². The third kappa shape index (κ3) is 2.80. The van der Waals surface area contributed by atoms with Crippen LogP contribution in [0.1, 0.15) is 44.6 Å². The fourth-order valence-electron chi connectivity index (χ4n) is 3.99. The zero-order chi connectivity index (χ0) is 16.7. The molecule has 1 aliphatic heterocycles. The van der Waals surface area contributed by atoms with Gasteiger partial charge in [-0.05, 0) is 43.9 Å². The quantitative estimate of drug-likeness (QED) is 0.872. The Bertz CT molecular complexity index is 622. The number of hydrogen-bond acceptors (Lipinski definition) is 2. The molecule has 1 aromatic carbocycles. The number of aliphatic carboxylic acids is 1. The zero-order valence-corrected chi connectivity index (χ0v) is 14.9. The lowest BCUT2D eigenvalue weighted by Crippen LogP contribution is -2.45. The van der Waals surface area contributed by atoms with Gasteiger partial charge in [-0.3, -0.25) is 9.59 Å². The van der Waals surface area contributed by atoms with Gasteiger partial charge in [0.15, 0.2) is 0 Å². The Morgan fingerprint density at radius 3 is 2.26 bits per heavy atom. The topological polar surface area (TPSA) is 57.6 Å². The Morgan fingerprint density at radius 1 is 1.13 bits per heavy atom. The Labute approximate surface area is 145 Å². The van der Waals surface area contributed by atoms with Crippen LogP contribution in [0.4, 0.5) is 0 Å². The summed E-state index contributed by atoms with van der Waals surface area (Å²) in [6, 6.07) is 8.02. The Kier molecular flexibility index (Phi) is 4.25. The number of hydrogen-bond donors (Lipinski definition) is 1. The van der Waals surface area contributed by atoms with Crippen molar-refractivity contribution in [3.63, 3.8) is 0 Å². The van der Waals surface area contributed by atoms with Crippen molar-refractivity contribution < 1.29 is 14.7 Å². The summed E-state index contributed by atoms with van der Waals surface area (Å²) in [5.74, 6) is -0.695. The van der Waals surface area contributed by atoms with Crippen molar-refractivity contribution in [2.45, 2.75) is 44.4 Å². The second kappa shape index (κ2) is 5.93. The largest absolute Gasteiger partial charge is 0.481 e. The first kappa shape index (κ1) is 16.5. The van der Waals surface area contributed by atoms with E-state index in [9.17, 15) is 14.7 Å². The second-order valence-corrected chi connectivity index (χ2v) is 8.05. The van der Waals surface area contributed by atoms with Gasteiger partial charge in [-0.25, -0.2) is 0 Å². The molecule has 2 fully saturated rings. The molecule has 1 aliphatic carbocycles. The first-order valence-corrected chi connectivity index (χ1v) is 8.96. The summed E-state index contributed by atoms with van der Waals surface area (Å²) in [6.45, 7) is 2.60. The minimum atomic E-state index is -0.810. The maximum atomic E-state index is 13.3. The molecular weight excluding hydrogens is 358 g/mol. The molecule has 0 radical (unpaired) electrons. The average molecular weight is 380 g/mol. The molecule has 2 aliphatic rings. The van der Waals surface area contributed by atoms with Crippen LogP contribution in [-0.4, -0.2) is 35.0 Å². The number of benzene rings is 1. The summed E-state index contributed by atoms with van der Waals surface area (Å²) >= 11 is 3.45. The highest BCUT2D eigenvalue weighted by molar-refractivity contribution is 9.10. The van der Waals surface area contributed by atoms with Gasteiger partial charge in [-0.15, -0.1) is 0 Å². The van der Waals surface area contributed by atoms with E-state index in [4.69, 9.17) is 0 Å². The van der Waals surface area contributed by atoms with E-state index >= 15 is 0 Å². The number of halogens is 1. The van der Waals surface area contributed by atoms with Crippen LogP contribution in [0.15, 0.2) is 28.7 Å². The molecule has 1 unspecified atom stereocenters. The molecule has 1 atom stereocenters. The maximum absolute atomic E-state index is 13.3. The molecule has 23 heavy (non-hydrogen) atoms. The average Bonchev–Trinajstić information content (AvgIpc) is 3.16. The standard InChI is InChI=1S/C18H22BrNO3/c1-17(16(22)23)10-11-20(12-17)15(21)18(8-2-3-9-18)13-4-6-14(19)7-5-13/h4-7H,2-3,8-12H2,1H3,(H,22,23). The number of carboxylic acid groups (broad SMARTS) is 1. The number of carbonyl (C=O) groups is 2. The molecule has 1 saturated carbocycles. The van der Waals surface area contributed by atoms with E-state index in [-0.39, 0.29) is 5.91 Å². The van der Waals surface area contributed by atoms with Crippen molar-refractivity contribution in [3.05, 3.63) is 34.3 Å². The van der Waals surface area contributed by atoms with E-state index in [1.807, 2.05) is 24.3 Å². The number of likely N-dealkylation sites (tertiary alicyclic amines) is 1. The van der Waals surface area contributed by atoms with Crippen LogP contribution < -0.4 is 0 Å². The lowest BCUT2D eigenvalue weighted by atomic mass is 9.77. The van der Waals surface area contributed by atoms with Gasteiger partial charge < -0.3 is 10.0 Å².